The molecule has 3 heterocycles. The van der Waals surface area contributed by atoms with Crippen molar-refractivity contribution >= 4 is 35.0 Å². The second kappa shape index (κ2) is 5.59. The van der Waals surface area contributed by atoms with Crippen molar-refractivity contribution in [3.63, 3.8) is 0 Å². The summed E-state index contributed by atoms with van der Waals surface area (Å²) in [4.78, 5) is 20.4. The van der Waals surface area contributed by atoms with Gasteiger partial charge in [-0.25, -0.2) is 0 Å². The quantitative estimate of drug-likeness (QED) is 0.833. The molecular formula is C13H16ClN3OS. The Morgan fingerprint density at radius 2 is 2.11 bits per heavy atom. The summed E-state index contributed by atoms with van der Waals surface area (Å²) in [5.41, 5.74) is 0.981. The molecule has 0 spiro atoms. The molecule has 19 heavy (non-hydrogen) atoms. The van der Waals surface area contributed by atoms with Crippen LogP contribution in [-0.2, 0) is 4.79 Å². The molecule has 1 amide bonds. The van der Waals surface area contributed by atoms with E-state index in [0.29, 0.717) is 10.9 Å². The molecule has 0 N–H and O–H groups in total. The largest absolute Gasteiger partial charge is 0.369 e. The number of carbonyl (C=O) groups is 1. The first-order chi connectivity index (χ1) is 9.25. The highest BCUT2D eigenvalue weighted by atomic mass is 35.5. The topological polar surface area (TPSA) is 36.4 Å². The van der Waals surface area contributed by atoms with Gasteiger partial charge in [0.1, 0.15) is 0 Å². The third-order valence-corrected chi connectivity index (χ3v) is 4.88. The van der Waals surface area contributed by atoms with Gasteiger partial charge in [0.25, 0.3) is 0 Å². The first kappa shape index (κ1) is 13.1. The van der Waals surface area contributed by atoms with Gasteiger partial charge in [0.2, 0.25) is 5.91 Å². The van der Waals surface area contributed by atoms with E-state index in [-0.39, 0.29) is 5.92 Å². The first-order valence-electron chi connectivity index (χ1n) is 6.46. The summed E-state index contributed by atoms with van der Waals surface area (Å²) in [7, 11) is 0. The maximum Gasteiger partial charge on any atom is 0.229 e. The molecular weight excluding hydrogens is 282 g/mol. The van der Waals surface area contributed by atoms with Gasteiger partial charge < -0.3 is 9.80 Å². The van der Waals surface area contributed by atoms with Gasteiger partial charge in [0, 0.05) is 50.1 Å². The number of anilines is 1. The number of hydrogen-bond acceptors (Lipinski definition) is 4. The van der Waals surface area contributed by atoms with Crippen LogP contribution in [-0.4, -0.2) is 53.5 Å². The Morgan fingerprint density at radius 3 is 2.79 bits per heavy atom. The summed E-state index contributed by atoms with van der Waals surface area (Å²) in [5, 5.41) is 0.655. The molecule has 0 aromatic carbocycles. The Hall–Kier alpha value is -0.940. The lowest BCUT2D eigenvalue weighted by atomic mass is 9.97. The fraction of sp³-hybridized carbons (Fsp3) is 0.538. The zero-order valence-electron chi connectivity index (χ0n) is 10.6. The fourth-order valence-corrected chi connectivity index (χ4v) is 3.64. The second-order valence-electron chi connectivity index (χ2n) is 4.87. The maximum atomic E-state index is 12.3. The molecule has 6 heteroatoms. The fourth-order valence-electron chi connectivity index (χ4n) is 2.50. The van der Waals surface area contributed by atoms with Crippen molar-refractivity contribution in [2.45, 2.75) is 0 Å². The van der Waals surface area contributed by atoms with E-state index < -0.39 is 0 Å². The van der Waals surface area contributed by atoms with Crippen molar-refractivity contribution in [3.05, 3.63) is 23.5 Å². The van der Waals surface area contributed by atoms with Crippen molar-refractivity contribution in [2.24, 2.45) is 5.92 Å². The number of hydrogen-bond donors (Lipinski definition) is 0. The summed E-state index contributed by atoms with van der Waals surface area (Å²) >= 11 is 8.03. The van der Waals surface area contributed by atoms with Crippen LogP contribution in [0.2, 0.25) is 5.02 Å². The molecule has 2 saturated heterocycles. The lowest BCUT2D eigenvalue weighted by Gasteiger charge is -2.42. The molecule has 0 saturated carbocycles. The number of carbonyl (C=O) groups excluding carboxylic acids is 1. The molecule has 0 atom stereocenters. The van der Waals surface area contributed by atoms with Crippen molar-refractivity contribution in [2.75, 3.05) is 42.6 Å². The van der Waals surface area contributed by atoms with Crippen LogP contribution in [0.15, 0.2) is 18.5 Å². The molecule has 0 aliphatic carbocycles. The van der Waals surface area contributed by atoms with Crippen LogP contribution in [0.5, 0.6) is 0 Å². The Balaban J connectivity index is 1.57. The van der Waals surface area contributed by atoms with Crippen LogP contribution in [0.4, 0.5) is 5.69 Å². The zero-order valence-corrected chi connectivity index (χ0v) is 12.2. The first-order valence-corrected chi connectivity index (χ1v) is 8.00. The van der Waals surface area contributed by atoms with Gasteiger partial charge in [0.05, 0.1) is 16.6 Å². The molecule has 3 rings (SSSR count). The molecule has 0 radical (unpaired) electrons. The highest BCUT2D eigenvalue weighted by Gasteiger charge is 2.36. The van der Waals surface area contributed by atoms with Crippen molar-refractivity contribution in [1.82, 2.24) is 9.88 Å². The lowest BCUT2D eigenvalue weighted by Crippen LogP contribution is -2.55. The van der Waals surface area contributed by atoms with E-state index in [9.17, 15) is 4.79 Å². The van der Waals surface area contributed by atoms with E-state index in [1.807, 2.05) is 22.7 Å². The number of pyridine rings is 1. The van der Waals surface area contributed by atoms with E-state index in [0.717, 1.165) is 43.4 Å². The number of amides is 1. The number of aromatic nitrogens is 1. The summed E-state index contributed by atoms with van der Waals surface area (Å²) in [6, 6.07) is 1.90. The van der Waals surface area contributed by atoms with Crippen molar-refractivity contribution in [3.8, 4) is 0 Å². The third-order valence-electron chi connectivity index (χ3n) is 3.65. The van der Waals surface area contributed by atoms with Gasteiger partial charge in [-0.2, -0.15) is 11.8 Å². The standard InChI is InChI=1S/C13H16ClN3OS/c14-11-7-15-2-1-12(11)17-8-10(9-17)13(18)16-3-5-19-6-4-16/h1-2,7,10H,3-6,8-9H2. The zero-order chi connectivity index (χ0) is 13.2. The molecule has 2 aliphatic rings. The van der Waals surface area contributed by atoms with Crippen molar-refractivity contribution < 1.29 is 4.79 Å². The van der Waals surface area contributed by atoms with Crippen LogP contribution >= 0.6 is 23.4 Å². The Kier molecular flexibility index (Phi) is 3.84. The molecule has 2 fully saturated rings. The van der Waals surface area contributed by atoms with E-state index in [2.05, 4.69) is 9.88 Å². The van der Waals surface area contributed by atoms with Gasteiger partial charge in [-0.15, -0.1) is 0 Å². The van der Waals surface area contributed by atoms with Crippen LogP contribution < -0.4 is 4.90 Å². The van der Waals surface area contributed by atoms with Gasteiger partial charge in [-0.1, -0.05) is 11.6 Å². The Labute approximate surface area is 122 Å². The van der Waals surface area contributed by atoms with Crippen LogP contribution in [0.3, 0.4) is 0 Å². The van der Waals surface area contributed by atoms with Crippen molar-refractivity contribution in [1.29, 1.82) is 0 Å². The van der Waals surface area contributed by atoms with Crippen LogP contribution in [0.1, 0.15) is 0 Å². The summed E-state index contributed by atoms with van der Waals surface area (Å²) < 4.78 is 0. The Morgan fingerprint density at radius 1 is 1.37 bits per heavy atom. The van der Waals surface area contributed by atoms with Gasteiger partial charge in [0.15, 0.2) is 0 Å². The second-order valence-corrected chi connectivity index (χ2v) is 6.50. The highest BCUT2D eigenvalue weighted by molar-refractivity contribution is 7.99. The van der Waals surface area contributed by atoms with Gasteiger partial charge in [-0.3, -0.25) is 9.78 Å². The SMILES string of the molecule is O=C(C1CN(c2ccncc2Cl)C1)N1CCSCC1. The number of thioether (sulfide) groups is 1. The monoisotopic (exact) mass is 297 g/mol. The average molecular weight is 298 g/mol. The van der Waals surface area contributed by atoms with E-state index >= 15 is 0 Å². The predicted octanol–water partition coefficient (Wildman–Crippen LogP) is 1.75. The van der Waals surface area contributed by atoms with Crippen LogP contribution in [0, 0.1) is 5.92 Å². The average Bonchev–Trinajstić information content (AvgIpc) is 2.40. The molecule has 2 aliphatic heterocycles. The van der Waals surface area contributed by atoms with E-state index in [1.54, 1.807) is 12.4 Å². The molecule has 0 unspecified atom stereocenters. The normalized spacial score (nSPS) is 20.3. The summed E-state index contributed by atoms with van der Waals surface area (Å²) in [5.74, 6) is 2.57. The minimum Gasteiger partial charge on any atom is -0.369 e. The van der Waals surface area contributed by atoms with Gasteiger partial charge in [-0.05, 0) is 6.07 Å². The minimum atomic E-state index is 0.132. The Bertz CT molecular complexity index is 473. The molecule has 1 aromatic rings. The molecule has 4 nitrogen and oxygen atoms in total. The van der Waals surface area contributed by atoms with E-state index in [4.69, 9.17) is 11.6 Å². The van der Waals surface area contributed by atoms with Crippen LogP contribution in [0.25, 0.3) is 0 Å². The van der Waals surface area contributed by atoms with Gasteiger partial charge >= 0.3 is 0 Å². The molecule has 1 aromatic heterocycles. The minimum absolute atomic E-state index is 0.132. The number of rotatable bonds is 2. The summed E-state index contributed by atoms with van der Waals surface area (Å²) in [6.07, 6.45) is 3.38. The molecule has 0 bridgehead atoms. The smallest absolute Gasteiger partial charge is 0.229 e. The predicted molar refractivity (Wildman–Crippen MR) is 78.9 cm³/mol. The molecule has 102 valence electrons. The highest BCUT2D eigenvalue weighted by Crippen LogP contribution is 2.31. The van der Waals surface area contributed by atoms with E-state index in [1.165, 1.54) is 0 Å². The maximum absolute atomic E-state index is 12.3. The number of nitrogens with zero attached hydrogens (tertiary/aromatic N) is 3. The number of halogens is 1. The summed E-state index contributed by atoms with van der Waals surface area (Å²) in [6.45, 7) is 3.34. The lowest BCUT2D eigenvalue weighted by molar-refractivity contribution is -0.135. The third kappa shape index (κ3) is 2.67.